The van der Waals surface area contributed by atoms with E-state index in [1.165, 1.54) is 20.3 Å². The average Bonchev–Trinajstić information content (AvgIpc) is 2.36. The SMILES string of the molecule is COP(=O)(OC)OC(=C(Br)Br)c1ccc(Cl)cc1Cl. The number of phosphoric ester groups is 1. The molecule has 0 amide bonds. The molecule has 1 aromatic rings. The maximum Gasteiger partial charge on any atom is 0.529 e. The van der Waals surface area contributed by atoms with Crippen molar-refractivity contribution in [1.29, 1.82) is 0 Å². The van der Waals surface area contributed by atoms with E-state index in [9.17, 15) is 4.57 Å². The first-order valence-electron chi connectivity index (χ1n) is 4.74. The molecule has 0 saturated carbocycles. The molecule has 0 radical (unpaired) electrons. The van der Waals surface area contributed by atoms with Crippen LogP contribution < -0.4 is 0 Å². The fourth-order valence-corrected chi connectivity index (χ4v) is 3.16. The van der Waals surface area contributed by atoms with Crippen LogP contribution in [0.3, 0.4) is 0 Å². The van der Waals surface area contributed by atoms with Crippen molar-refractivity contribution in [2.45, 2.75) is 0 Å². The number of hydrogen-bond acceptors (Lipinski definition) is 4. The van der Waals surface area contributed by atoms with E-state index in [0.29, 0.717) is 19.0 Å². The van der Waals surface area contributed by atoms with Crippen molar-refractivity contribution >= 4 is 68.6 Å². The second-order valence-electron chi connectivity index (χ2n) is 3.12. The zero-order valence-electron chi connectivity index (χ0n) is 9.82. The number of phosphoric acid groups is 1. The predicted octanol–water partition coefficient (Wildman–Crippen LogP) is 5.83. The Morgan fingerprint density at radius 2 is 1.79 bits per heavy atom. The van der Waals surface area contributed by atoms with Crippen LogP contribution in [-0.4, -0.2) is 14.2 Å². The van der Waals surface area contributed by atoms with Crippen molar-refractivity contribution < 1.29 is 18.1 Å². The zero-order valence-corrected chi connectivity index (χ0v) is 15.4. The van der Waals surface area contributed by atoms with Crippen molar-refractivity contribution in [2.24, 2.45) is 0 Å². The first-order valence-corrected chi connectivity index (χ1v) is 8.55. The Bertz CT molecular complexity index is 538. The fourth-order valence-electron chi connectivity index (χ4n) is 1.12. The molecule has 0 unspecified atom stereocenters. The van der Waals surface area contributed by atoms with Gasteiger partial charge in [0.05, 0.1) is 5.02 Å². The molecule has 0 aliphatic rings. The van der Waals surface area contributed by atoms with Crippen LogP contribution in [0.5, 0.6) is 0 Å². The molecule has 19 heavy (non-hydrogen) atoms. The summed E-state index contributed by atoms with van der Waals surface area (Å²) in [5.41, 5.74) is 0.476. The lowest BCUT2D eigenvalue weighted by Crippen LogP contribution is -1.97. The lowest BCUT2D eigenvalue weighted by atomic mass is 10.2. The van der Waals surface area contributed by atoms with Gasteiger partial charge in [-0.15, -0.1) is 0 Å². The van der Waals surface area contributed by atoms with Gasteiger partial charge in [0.15, 0.2) is 5.76 Å². The predicted molar refractivity (Wildman–Crippen MR) is 83.9 cm³/mol. The Balaban J connectivity index is 3.24. The summed E-state index contributed by atoms with van der Waals surface area (Å²) in [6.45, 7) is 0. The molecule has 0 aromatic heterocycles. The summed E-state index contributed by atoms with van der Waals surface area (Å²) in [5.74, 6) is 0.175. The molecule has 106 valence electrons. The lowest BCUT2D eigenvalue weighted by molar-refractivity contribution is 0.201. The molecule has 0 spiro atoms. The van der Waals surface area contributed by atoms with Gasteiger partial charge in [-0.1, -0.05) is 23.2 Å². The monoisotopic (exact) mass is 452 g/mol. The molecule has 0 heterocycles. The van der Waals surface area contributed by atoms with Gasteiger partial charge in [-0.25, -0.2) is 4.57 Å². The Morgan fingerprint density at radius 3 is 2.21 bits per heavy atom. The maximum atomic E-state index is 12.0. The highest BCUT2D eigenvalue weighted by molar-refractivity contribution is 9.28. The van der Waals surface area contributed by atoms with E-state index in [0.717, 1.165) is 0 Å². The summed E-state index contributed by atoms with van der Waals surface area (Å²) < 4.78 is 27.1. The normalized spacial score (nSPS) is 11.3. The van der Waals surface area contributed by atoms with Crippen LogP contribution in [0.2, 0.25) is 10.0 Å². The van der Waals surface area contributed by atoms with Crippen LogP contribution in [0, 0.1) is 0 Å². The second kappa shape index (κ2) is 7.46. The van der Waals surface area contributed by atoms with Gasteiger partial charge in [-0.3, -0.25) is 9.05 Å². The van der Waals surface area contributed by atoms with Crippen molar-refractivity contribution in [3.8, 4) is 0 Å². The van der Waals surface area contributed by atoms with Crippen LogP contribution in [-0.2, 0) is 18.1 Å². The molecular formula is C10H9Br2Cl2O4P. The Kier molecular flexibility index (Phi) is 6.87. The highest BCUT2D eigenvalue weighted by atomic mass is 79.9. The van der Waals surface area contributed by atoms with Crippen LogP contribution in [0.25, 0.3) is 5.76 Å². The third kappa shape index (κ3) is 4.74. The molecule has 0 fully saturated rings. The summed E-state index contributed by atoms with van der Waals surface area (Å²) in [7, 11) is -1.27. The molecule has 0 N–H and O–H groups in total. The van der Waals surface area contributed by atoms with Gasteiger partial charge in [0.25, 0.3) is 0 Å². The minimum Gasteiger partial charge on any atom is -0.402 e. The molecule has 0 aliphatic carbocycles. The second-order valence-corrected chi connectivity index (χ2v) is 8.42. The van der Waals surface area contributed by atoms with E-state index in [4.69, 9.17) is 36.8 Å². The van der Waals surface area contributed by atoms with Gasteiger partial charge >= 0.3 is 7.82 Å². The highest BCUT2D eigenvalue weighted by Crippen LogP contribution is 2.53. The van der Waals surface area contributed by atoms with Crippen LogP contribution in [0.1, 0.15) is 5.56 Å². The van der Waals surface area contributed by atoms with Crippen LogP contribution in [0.4, 0.5) is 0 Å². The van der Waals surface area contributed by atoms with E-state index in [1.54, 1.807) is 12.1 Å². The highest BCUT2D eigenvalue weighted by Gasteiger charge is 2.28. The van der Waals surface area contributed by atoms with Gasteiger partial charge in [0.2, 0.25) is 0 Å². The molecule has 1 aromatic carbocycles. The molecule has 0 atom stereocenters. The summed E-state index contributed by atoms with van der Waals surface area (Å²) in [6, 6.07) is 4.78. The quantitative estimate of drug-likeness (QED) is 0.415. The lowest BCUT2D eigenvalue weighted by Gasteiger charge is -2.18. The molecular weight excluding hydrogens is 446 g/mol. The zero-order chi connectivity index (χ0) is 14.6. The van der Waals surface area contributed by atoms with Crippen LogP contribution in [0.15, 0.2) is 21.6 Å². The van der Waals surface area contributed by atoms with Crippen molar-refractivity contribution in [3.05, 3.63) is 37.2 Å². The summed E-state index contributed by atoms with van der Waals surface area (Å²) in [6.07, 6.45) is 0. The van der Waals surface area contributed by atoms with Gasteiger partial charge in [-0.2, -0.15) is 0 Å². The Labute approximate surface area is 137 Å². The molecule has 0 aliphatic heterocycles. The van der Waals surface area contributed by atoms with Crippen molar-refractivity contribution in [1.82, 2.24) is 0 Å². The third-order valence-corrected chi connectivity index (χ3v) is 4.57. The molecule has 1 rings (SSSR count). The smallest absolute Gasteiger partial charge is 0.402 e. The minimum atomic E-state index is -3.70. The minimum absolute atomic E-state index is 0.175. The van der Waals surface area contributed by atoms with Crippen molar-refractivity contribution in [2.75, 3.05) is 14.2 Å². The molecule has 9 heteroatoms. The standard InChI is InChI=1S/C10H9Br2Cl2O4P/c1-16-19(15,17-2)18-9(10(11)12)7-4-3-6(13)5-8(7)14/h3-5H,1-2H3. The van der Waals surface area contributed by atoms with Gasteiger partial charge in [0, 0.05) is 24.8 Å². The number of rotatable bonds is 5. The molecule has 4 nitrogen and oxygen atoms in total. The van der Waals surface area contributed by atoms with E-state index < -0.39 is 7.82 Å². The van der Waals surface area contributed by atoms with Crippen LogP contribution >= 0.6 is 62.9 Å². The van der Waals surface area contributed by atoms with E-state index >= 15 is 0 Å². The maximum absolute atomic E-state index is 12.0. The first kappa shape index (κ1) is 17.5. The Morgan fingerprint density at radius 1 is 1.21 bits per heavy atom. The van der Waals surface area contributed by atoms with Gasteiger partial charge in [0.1, 0.15) is 3.39 Å². The van der Waals surface area contributed by atoms with Gasteiger partial charge in [-0.05, 0) is 50.1 Å². The largest absolute Gasteiger partial charge is 0.529 e. The molecule has 0 bridgehead atoms. The van der Waals surface area contributed by atoms with E-state index in [-0.39, 0.29) is 5.76 Å². The van der Waals surface area contributed by atoms with Crippen molar-refractivity contribution in [3.63, 3.8) is 0 Å². The third-order valence-electron chi connectivity index (χ3n) is 2.00. The Hall–Kier alpha value is 0.450. The van der Waals surface area contributed by atoms with Gasteiger partial charge < -0.3 is 4.52 Å². The molecule has 0 saturated heterocycles. The fraction of sp³-hybridized carbons (Fsp3) is 0.200. The number of halogens is 4. The number of benzene rings is 1. The average molecular weight is 455 g/mol. The first-order chi connectivity index (χ1) is 8.83. The van der Waals surface area contributed by atoms with E-state index in [1.807, 2.05) is 0 Å². The summed E-state index contributed by atoms with van der Waals surface area (Å²) >= 11 is 18.3. The summed E-state index contributed by atoms with van der Waals surface area (Å²) in [5, 5.41) is 0.804. The number of hydrogen-bond donors (Lipinski definition) is 0. The van der Waals surface area contributed by atoms with E-state index in [2.05, 4.69) is 31.9 Å². The summed E-state index contributed by atoms with van der Waals surface area (Å²) in [4.78, 5) is 0. The topological polar surface area (TPSA) is 44.8 Å².